The maximum Gasteiger partial charge on any atom is 0.151 e. The van der Waals surface area contributed by atoms with Crippen molar-refractivity contribution in [1.29, 1.82) is 0 Å². The maximum absolute atomic E-state index is 11.9. The number of ketones is 1. The fourth-order valence-corrected chi connectivity index (χ4v) is 1.82. The molecule has 0 aromatic heterocycles. The van der Waals surface area contributed by atoms with Crippen molar-refractivity contribution >= 4 is 5.78 Å². The summed E-state index contributed by atoms with van der Waals surface area (Å²) in [7, 11) is 0. The normalized spacial score (nSPS) is 10.8. The summed E-state index contributed by atoms with van der Waals surface area (Å²) >= 11 is 0. The van der Waals surface area contributed by atoms with Crippen molar-refractivity contribution in [3.63, 3.8) is 0 Å². The monoisotopic (exact) mass is 249 g/mol. The van der Waals surface area contributed by atoms with Crippen molar-refractivity contribution in [3.05, 3.63) is 35.9 Å². The minimum absolute atomic E-state index is 0.263. The van der Waals surface area contributed by atoms with Crippen molar-refractivity contribution in [1.82, 2.24) is 4.90 Å². The first-order valence-corrected chi connectivity index (χ1v) is 6.62. The number of carbonyl (C=O) groups excluding carboxylic acids is 1. The number of rotatable bonds is 9. The first-order valence-electron chi connectivity index (χ1n) is 6.62. The van der Waals surface area contributed by atoms with E-state index in [-0.39, 0.29) is 5.78 Å². The van der Waals surface area contributed by atoms with Crippen LogP contribution in [0.4, 0.5) is 0 Å². The van der Waals surface area contributed by atoms with E-state index >= 15 is 0 Å². The van der Waals surface area contributed by atoms with E-state index in [1.54, 1.807) is 0 Å². The predicted molar refractivity (Wildman–Crippen MR) is 73.8 cm³/mol. The molecule has 100 valence electrons. The largest absolute Gasteiger partial charge is 0.380 e. The molecule has 0 heterocycles. The Hall–Kier alpha value is -1.19. The van der Waals surface area contributed by atoms with Gasteiger partial charge in [-0.05, 0) is 19.0 Å². The summed E-state index contributed by atoms with van der Waals surface area (Å²) in [6.07, 6.45) is 0.520. The fourth-order valence-electron chi connectivity index (χ4n) is 1.82. The highest BCUT2D eigenvalue weighted by atomic mass is 16.5. The molecule has 0 N–H and O–H groups in total. The summed E-state index contributed by atoms with van der Waals surface area (Å²) < 4.78 is 5.31. The Kier molecular flexibility index (Phi) is 7.30. The molecule has 1 aromatic carbocycles. The molecule has 0 aliphatic carbocycles. The molecule has 0 unspecified atom stereocenters. The molecular weight excluding hydrogens is 226 g/mol. The van der Waals surface area contributed by atoms with Gasteiger partial charge in [-0.3, -0.25) is 9.69 Å². The number of hydrogen-bond acceptors (Lipinski definition) is 3. The molecule has 1 aromatic rings. The molecule has 0 saturated heterocycles. The van der Waals surface area contributed by atoms with Gasteiger partial charge in [-0.2, -0.15) is 0 Å². The Morgan fingerprint density at radius 2 is 1.94 bits per heavy atom. The zero-order valence-corrected chi connectivity index (χ0v) is 11.4. The van der Waals surface area contributed by atoms with Crippen LogP contribution in [0.5, 0.6) is 0 Å². The molecule has 3 nitrogen and oxygen atoms in total. The molecule has 0 aliphatic rings. The van der Waals surface area contributed by atoms with Gasteiger partial charge in [0.2, 0.25) is 0 Å². The molecule has 0 amide bonds. The molecular formula is C15H23NO2. The van der Waals surface area contributed by atoms with Crippen LogP contribution in [-0.2, 0) is 16.0 Å². The third kappa shape index (κ3) is 5.94. The Morgan fingerprint density at radius 3 is 2.56 bits per heavy atom. The van der Waals surface area contributed by atoms with Crippen LogP contribution >= 0.6 is 0 Å². The highest BCUT2D eigenvalue weighted by molar-refractivity contribution is 5.82. The summed E-state index contributed by atoms with van der Waals surface area (Å²) in [6, 6.07) is 9.89. The molecule has 1 rings (SSSR count). The van der Waals surface area contributed by atoms with E-state index in [2.05, 4.69) is 11.8 Å². The Bertz CT molecular complexity index is 338. The summed E-state index contributed by atoms with van der Waals surface area (Å²) in [4.78, 5) is 14.1. The van der Waals surface area contributed by atoms with Crippen molar-refractivity contribution in [2.45, 2.75) is 20.3 Å². The van der Waals surface area contributed by atoms with E-state index in [0.29, 0.717) is 19.6 Å². The Morgan fingerprint density at radius 1 is 1.22 bits per heavy atom. The van der Waals surface area contributed by atoms with Crippen molar-refractivity contribution in [3.8, 4) is 0 Å². The summed E-state index contributed by atoms with van der Waals surface area (Å²) in [5, 5.41) is 0. The summed E-state index contributed by atoms with van der Waals surface area (Å²) in [5.74, 6) is 0.263. The van der Waals surface area contributed by atoms with E-state index in [1.165, 1.54) is 0 Å². The standard InChI is InChI=1S/C15H23NO2/c1-3-16(10-11-18-4-2)13-15(17)12-14-8-6-5-7-9-14/h5-9H,3-4,10-13H2,1-2H3. The quantitative estimate of drug-likeness (QED) is 0.628. The number of carbonyl (C=O) groups is 1. The van der Waals surface area contributed by atoms with Crippen molar-refractivity contribution < 1.29 is 9.53 Å². The lowest BCUT2D eigenvalue weighted by Gasteiger charge is -2.19. The Labute approximate surface area is 110 Å². The minimum atomic E-state index is 0.263. The second-order valence-electron chi connectivity index (χ2n) is 4.27. The Balaban J connectivity index is 2.33. The highest BCUT2D eigenvalue weighted by Crippen LogP contribution is 2.01. The van der Waals surface area contributed by atoms with E-state index in [1.807, 2.05) is 37.3 Å². The smallest absolute Gasteiger partial charge is 0.151 e. The van der Waals surface area contributed by atoms with Crippen LogP contribution < -0.4 is 0 Å². The molecule has 0 spiro atoms. The van der Waals surface area contributed by atoms with Crippen LogP contribution in [0.3, 0.4) is 0 Å². The number of hydrogen-bond donors (Lipinski definition) is 0. The second kappa shape index (κ2) is 8.84. The van der Waals surface area contributed by atoms with Gasteiger partial charge in [-0.25, -0.2) is 0 Å². The minimum Gasteiger partial charge on any atom is -0.380 e. The van der Waals surface area contributed by atoms with Gasteiger partial charge in [0.15, 0.2) is 5.78 Å². The highest BCUT2D eigenvalue weighted by Gasteiger charge is 2.09. The number of nitrogens with zero attached hydrogens (tertiary/aromatic N) is 1. The first kappa shape index (κ1) is 14.9. The van der Waals surface area contributed by atoms with Crippen LogP contribution in [0, 0.1) is 0 Å². The lowest BCUT2D eigenvalue weighted by atomic mass is 10.1. The predicted octanol–water partition coefficient (Wildman–Crippen LogP) is 2.16. The van der Waals surface area contributed by atoms with Gasteiger partial charge in [-0.15, -0.1) is 0 Å². The van der Waals surface area contributed by atoms with E-state index in [9.17, 15) is 4.79 Å². The zero-order chi connectivity index (χ0) is 13.2. The number of Topliss-reactive ketones (excluding diaryl/α,β-unsaturated/α-hetero) is 1. The van der Waals surface area contributed by atoms with Crippen LogP contribution in [0.15, 0.2) is 30.3 Å². The molecule has 3 heteroatoms. The second-order valence-corrected chi connectivity index (χ2v) is 4.27. The molecule has 0 radical (unpaired) electrons. The lowest BCUT2D eigenvalue weighted by molar-refractivity contribution is -0.119. The zero-order valence-electron chi connectivity index (χ0n) is 11.4. The fraction of sp³-hybridized carbons (Fsp3) is 0.533. The van der Waals surface area contributed by atoms with Gasteiger partial charge in [0.25, 0.3) is 0 Å². The lowest BCUT2D eigenvalue weighted by Crippen LogP contribution is -2.33. The van der Waals surface area contributed by atoms with Gasteiger partial charge in [-0.1, -0.05) is 37.3 Å². The van der Waals surface area contributed by atoms with Crippen molar-refractivity contribution in [2.24, 2.45) is 0 Å². The number of benzene rings is 1. The van der Waals surface area contributed by atoms with Gasteiger partial charge in [0.05, 0.1) is 13.2 Å². The maximum atomic E-state index is 11.9. The number of ether oxygens (including phenoxy) is 1. The van der Waals surface area contributed by atoms with Gasteiger partial charge < -0.3 is 4.74 Å². The van der Waals surface area contributed by atoms with Crippen LogP contribution in [0.2, 0.25) is 0 Å². The van der Waals surface area contributed by atoms with E-state index in [0.717, 1.165) is 25.3 Å². The molecule has 0 fully saturated rings. The van der Waals surface area contributed by atoms with Crippen LogP contribution in [0.1, 0.15) is 19.4 Å². The SMILES string of the molecule is CCOCCN(CC)CC(=O)Cc1ccccc1. The average molecular weight is 249 g/mol. The molecule has 18 heavy (non-hydrogen) atoms. The van der Waals surface area contributed by atoms with Crippen LogP contribution in [-0.4, -0.2) is 43.5 Å². The third-order valence-electron chi connectivity index (χ3n) is 2.85. The summed E-state index contributed by atoms with van der Waals surface area (Å²) in [5.41, 5.74) is 1.09. The average Bonchev–Trinajstić information content (AvgIpc) is 2.39. The van der Waals surface area contributed by atoms with Crippen LogP contribution in [0.25, 0.3) is 0 Å². The van der Waals surface area contributed by atoms with Gasteiger partial charge in [0, 0.05) is 19.6 Å². The van der Waals surface area contributed by atoms with Crippen molar-refractivity contribution in [2.75, 3.05) is 32.8 Å². The van der Waals surface area contributed by atoms with Gasteiger partial charge >= 0.3 is 0 Å². The van der Waals surface area contributed by atoms with E-state index in [4.69, 9.17) is 4.74 Å². The van der Waals surface area contributed by atoms with E-state index < -0.39 is 0 Å². The number of likely N-dealkylation sites (N-methyl/N-ethyl adjacent to an activating group) is 1. The molecule has 0 aliphatic heterocycles. The molecule has 0 atom stereocenters. The molecule has 0 saturated carbocycles. The van der Waals surface area contributed by atoms with Gasteiger partial charge in [0.1, 0.15) is 0 Å². The topological polar surface area (TPSA) is 29.5 Å². The molecule has 0 bridgehead atoms. The third-order valence-corrected chi connectivity index (χ3v) is 2.85. The summed E-state index contributed by atoms with van der Waals surface area (Å²) in [6.45, 7) is 7.70. The first-order chi connectivity index (χ1) is 8.76.